The predicted molar refractivity (Wildman–Crippen MR) is 96.6 cm³/mol. The van der Waals surface area contributed by atoms with E-state index in [4.69, 9.17) is 16.2 Å². The molecule has 0 saturated heterocycles. The SMILES string of the molecule is O=C(Nc1nonc1-c1ccc(Cl)cc1)c1cccc2ccccc12. The van der Waals surface area contributed by atoms with Gasteiger partial charge in [0.25, 0.3) is 5.91 Å². The van der Waals surface area contributed by atoms with Gasteiger partial charge in [0, 0.05) is 16.1 Å². The van der Waals surface area contributed by atoms with Crippen molar-refractivity contribution in [2.24, 2.45) is 0 Å². The van der Waals surface area contributed by atoms with Crippen molar-refractivity contribution < 1.29 is 9.42 Å². The van der Waals surface area contributed by atoms with Gasteiger partial charge in [-0.05, 0) is 39.3 Å². The molecule has 3 aromatic carbocycles. The Morgan fingerprint density at radius 3 is 2.52 bits per heavy atom. The molecule has 0 radical (unpaired) electrons. The summed E-state index contributed by atoms with van der Waals surface area (Å²) in [6.07, 6.45) is 0. The minimum atomic E-state index is -0.275. The zero-order chi connectivity index (χ0) is 17.2. The van der Waals surface area contributed by atoms with Crippen molar-refractivity contribution in [1.29, 1.82) is 0 Å². The number of fused-ring (bicyclic) bond motifs is 1. The monoisotopic (exact) mass is 349 g/mol. The largest absolute Gasteiger partial charge is 0.302 e. The third-order valence-electron chi connectivity index (χ3n) is 3.87. The van der Waals surface area contributed by atoms with Gasteiger partial charge in [-0.1, -0.05) is 60.1 Å². The van der Waals surface area contributed by atoms with Crippen LogP contribution in [0, 0.1) is 0 Å². The quantitative estimate of drug-likeness (QED) is 0.577. The van der Waals surface area contributed by atoms with Gasteiger partial charge in [0.15, 0.2) is 5.69 Å². The Hall–Kier alpha value is -3.18. The van der Waals surface area contributed by atoms with Gasteiger partial charge in [0.2, 0.25) is 5.82 Å². The number of anilines is 1. The van der Waals surface area contributed by atoms with Crippen molar-refractivity contribution in [2.45, 2.75) is 0 Å². The van der Waals surface area contributed by atoms with E-state index in [0.717, 1.165) is 16.3 Å². The highest BCUT2D eigenvalue weighted by Gasteiger charge is 2.17. The first-order valence-electron chi connectivity index (χ1n) is 7.60. The smallest absolute Gasteiger partial charge is 0.257 e. The van der Waals surface area contributed by atoms with Gasteiger partial charge in [-0.2, -0.15) is 0 Å². The van der Waals surface area contributed by atoms with Crippen LogP contribution < -0.4 is 5.32 Å². The molecule has 1 N–H and O–H groups in total. The molecule has 0 saturated carbocycles. The van der Waals surface area contributed by atoms with Crippen molar-refractivity contribution >= 4 is 34.1 Å². The summed E-state index contributed by atoms with van der Waals surface area (Å²) in [7, 11) is 0. The minimum Gasteiger partial charge on any atom is -0.302 e. The summed E-state index contributed by atoms with van der Waals surface area (Å²) in [4.78, 5) is 12.7. The number of nitrogens with zero attached hydrogens (tertiary/aromatic N) is 2. The number of halogens is 1. The van der Waals surface area contributed by atoms with Gasteiger partial charge in [-0.3, -0.25) is 4.79 Å². The Morgan fingerprint density at radius 1 is 0.920 bits per heavy atom. The first-order chi connectivity index (χ1) is 12.2. The fourth-order valence-corrected chi connectivity index (χ4v) is 2.79. The normalized spacial score (nSPS) is 10.8. The predicted octanol–water partition coefficient (Wildman–Crippen LogP) is 4.80. The number of rotatable bonds is 3. The maximum Gasteiger partial charge on any atom is 0.257 e. The van der Waals surface area contributed by atoms with Gasteiger partial charge in [-0.15, -0.1) is 0 Å². The van der Waals surface area contributed by atoms with E-state index >= 15 is 0 Å². The number of hydrogen-bond donors (Lipinski definition) is 1. The maximum atomic E-state index is 12.7. The zero-order valence-corrected chi connectivity index (χ0v) is 13.7. The van der Waals surface area contributed by atoms with Crippen molar-refractivity contribution in [2.75, 3.05) is 5.32 Å². The van der Waals surface area contributed by atoms with E-state index in [1.54, 1.807) is 30.3 Å². The molecule has 0 bridgehead atoms. The fourth-order valence-electron chi connectivity index (χ4n) is 2.67. The molecule has 0 atom stereocenters. The summed E-state index contributed by atoms with van der Waals surface area (Å²) < 4.78 is 4.81. The van der Waals surface area contributed by atoms with Crippen LogP contribution in [0.5, 0.6) is 0 Å². The van der Waals surface area contributed by atoms with Crippen LogP contribution in [0.2, 0.25) is 5.02 Å². The standard InChI is InChI=1S/C19H12ClN3O2/c20-14-10-8-13(9-11-14)17-18(23-25-22-17)21-19(24)16-7-3-5-12-4-1-2-6-15(12)16/h1-11H,(H,21,23,24). The second kappa shape index (κ2) is 6.37. The molecule has 1 amide bonds. The van der Waals surface area contributed by atoms with E-state index in [-0.39, 0.29) is 11.7 Å². The molecule has 0 aliphatic carbocycles. The van der Waals surface area contributed by atoms with E-state index in [0.29, 0.717) is 16.3 Å². The highest BCUT2D eigenvalue weighted by atomic mass is 35.5. The summed E-state index contributed by atoms with van der Waals surface area (Å²) in [5.41, 5.74) is 1.76. The van der Waals surface area contributed by atoms with Crippen LogP contribution >= 0.6 is 11.6 Å². The molecule has 122 valence electrons. The minimum absolute atomic E-state index is 0.264. The summed E-state index contributed by atoms with van der Waals surface area (Å²) >= 11 is 5.90. The second-order valence-electron chi connectivity index (χ2n) is 5.45. The maximum absolute atomic E-state index is 12.7. The molecule has 0 aliphatic heterocycles. The average molecular weight is 350 g/mol. The van der Waals surface area contributed by atoms with Crippen LogP contribution in [0.15, 0.2) is 71.4 Å². The van der Waals surface area contributed by atoms with E-state index < -0.39 is 0 Å². The Morgan fingerprint density at radius 2 is 1.68 bits per heavy atom. The molecule has 1 heterocycles. The lowest BCUT2D eigenvalue weighted by atomic mass is 10.0. The topological polar surface area (TPSA) is 68.0 Å². The number of hydrogen-bond acceptors (Lipinski definition) is 4. The molecular weight excluding hydrogens is 338 g/mol. The zero-order valence-electron chi connectivity index (χ0n) is 12.9. The van der Waals surface area contributed by atoms with E-state index in [1.165, 1.54) is 0 Å². The number of aromatic nitrogens is 2. The summed E-state index contributed by atoms with van der Waals surface area (Å²) in [5, 5.41) is 12.9. The summed E-state index contributed by atoms with van der Waals surface area (Å²) in [5.74, 6) is -0.0111. The Bertz CT molecular complexity index is 1050. The van der Waals surface area contributed by atoms with Crippen molar-refractivity contribution in [1.82, 2.24) is 10.3 Å². The summed E-state index contributed by atoms with van der Waals surface area (Å²) in [6.45, 7) is 0. The third-order valence-corrected chi connectivity index (χ3v) is 4.12. The second-order valence-corrected chi connectivity index (χ2v) is 5.89. The van der Waals surface area contributed by atoms with Crippen LogP contribution in [0.25, 0.3) is 22.0 Å². The lowest BCUT2D eigenvalue weighted by Crippen LogP contribution is -2.13. The molecule has 25 heavy (non-hydrogen) atoms. The lowest BCUT2D eigenvalue weighted by molar-refractivity contribution is 0.102. The first kappa shape index (κ1) is 15.4. The third kappa shape index (κ3) is 2.97. The van der Waals surface area contributed by atoms with Crippen molar-refractivity contribution in [3.8, 4) is 11.3 Å². The van der Waals surface area contributed by atoms with Crippen LogP contribution in [-0.4, -0.2) is 16.2 Å². The van der Waals surface area contributed by atoms with Crippen molar-refractivity contribution in [3.05, 3.63) is 77.3 Å². The number of benzene rings is 3. The molecule has 4 aromatic rings. The Balaban J connectivity index is 1.68. The molecule has 4 rings (SSSR count). The molecule has 0 fully saturated rings. The molecule has 6 heteroatoms. The number of carbonyl (C=O) groups is 1. The van der Waals surface area contributed by atoms with Gasteiger partial charge in [0.05, 0.1) is 0 Å². The number of amides is 1. The van der Waals surface area contributed by atoms with E-state index in [9.17, 15) is 4.79 Å². The molecule has 0 spiro atoms. The molecular formula is C19H12ClN3O2. The van der Waals surface area contributed by atoms with E-state index in [2.05, 4.69) is 15.6 Å². The lowest BCUT2D eigenvalue weighted by Gasteiger charge is -2.07. The van der Waals surface area contributed by atoms with Gasteiger partial charge >= 0.3 is 0 Å². The first-order valence-corrected chi connectivity index (χ1v) is 7.98. The van der Waals surface area contributed by atoms with Crippen LogP contribution in [-0.2, 0) is 0 Å². The van der Waals surface area contributed by atoms with Crippen LogP contribution in [0.1, 0.15) is 10.4 Å². The average Bonchev–Trinajstić information content (AvgIpc) is 3.10. The van der Waals surface area contributed by atoms with Crippen molar-refractivity contribution in [3.63, 3.8) is 0 Å². The fraction of sp³-hybridized carbons (Fsp3) is 0. The molecule has 1 aromatic heterocycles. The highest BCUT2D eigenvalue weighted by Crippen LogP contribution is 2.27. The van der Waals surface area contributed by atoms with Gasteiger partial charge in [0.1, 0.15) is 0 Å². The summed E-state index contributed by atoms with van der Waals surface area (Å²) in [6, 6.07) is 20.3. The van der Waals surface area contributed by atoms with Crippen LogP contribution in [0.4, 0.5) is 5.82 Å². The van der Waals surface area contributed by atoms with Gasteiger partial charge in [-0.25, -0.2) is 4.63 Å². The molecule has 5 nitrogen and oxygen atoms in total. The van der Waals surface area contributed by atoms with Crippen LogP contribution in [0.3, 0.4) is 0 Å². The molecule has 0 unspecified atom stereocenters. The van der Waals surface area contributed by atoms with Gasteiger partial charge < -0.3 is 5.32 Å². The van der Waals surface area contributed by atoms with E-state index in [1.807, 2.05) is 36.4 Å². The molecule has 0 aliphatic rings. The number of nitrogens with one attached hydrogen (secondary N) is 1. The number of carbonyl (C=O) groups excluding carboxylic acids is 1. The Labute approximate surface area is 148 Å². The highest BCUT2D eigenvalue weighted by molar-refractivity contribution is 6.30. The Kier molecular flexibility index (Phi) is 3.91.